The third kappa shape index (κ3) is 2.01. The predicted octanol–water partition coefficient (Wildman–Crippen LogP) is 3.55. The Bertz CT molecular complexity index is 527. The summed E-state index contributed by atoms with van der Waals surface area (Å²) >= 11 is 0. The fourth-order valence-electron chi connectivity index (χ4n) is 2.23. The number of hydrogen-bond acceptors (Lipinski definition) is 2. The summed E-state index contributed by atoms with van der Waals surface area (Å²) in [4.78, 5) is 0. The highest BCUT2D eigenvalue weighted by atomic mass is 16.3. The monoisotopic (exact) mass is 230 g/mol. The minimum absolute atomic E-state index is 0.176. The van der Waals surface area contributed by atoms with Gasteiger partial charge in [-0.25, -0.2) is 0 Å². The van der Waals surface area contributed by atoms with Gasteiger partial charge in [0.25, 0.3) is 0 Å². The summed E-state index contributed by atoms with van der Waals surface area (Å²) in [5.74, 6) is 0.176. The predicted molar refractivity (Wildman–Crippen MR) is 70.1 cm³/mol. The molecule has 0 aromatic heterocycles. The Balaban J connectivity index is 2.65. The zero-order valence-corrected chi connectivity index (χ0v) is 10.3. The van der Waals surface area contributed by atoms with E-state index in [-0.39, 0.29) is 5.75 Å². The van der Waals surface area contributed by atoms with E-state index in [0.29, 0.717) is 18.4 Å². The average molecular weight is 230 g/mol. The van der Waals surface area contributed by atoms with E-state index in [0.717, 1.165) is 10.8 Å². The molecule has 2 aromatic rings. The lowest BCUT2D eigenvalue weighted by Gasteiger charge is -2.27. The van der Waals surface area contributed by atoms with Gasteiger partial charge in [-0.1, -0.05) is 38.1 Å². The van der Waals surface area contributed by atoms with Crippen LogP contribution in [-0.4, -0.2) is 10.2 Å². The van der Waals surface area contributed by atoms with Crippen LogP contribution in [-0.2, 0) is 5.60 Å². The van der Waals surface area contributed by atoms with Crippen LogP contribution in [0.2, 0.25) is 0 Å². The second-order valence-corrected chi connectivity index (χ2v) is 4.46. The summed E-state index contributed by atoms with van der Waals surface area (Å²) in [6.45, 7) is 3.86. The molecule has 0 heterocycles. The highest BCUT2D eigenvalue weighted by Crippen LogP contribution is 2.37. The molecule has 17 heavy (non-hydrogen) atoms. The summed E-state index contributed by atoms with van der Waals surface area (Å²) in [5, 5.41) is 22.6. The summed E-state index contributed by atoms with van der Waals surface area (Å²) in [5.41, 5.74) is -0.310. The normalized spacial score (nSPS) is 11.9. The van der Waals surface area contributed by atoms with Crippen LogP contribution in [0.1, 0.15) is 32.3 Å². The van der Waals surface area contributed by atoms with Crippen molar-refractivity contribution in [1.29, 1.82) is 0 Å². The Kier molecular flexibility index (Phi) is 3.07. The molecule has 0 amide bonds. The Labute approximate surface area is 102 Å². The second-order valence-electron chi connectivity index (χ2n) is 4.46. The molecule has 2 N–H and O–H groups in total. The first-order chi connectivity index (χ1) is 8.10. The minimum atomic E-state index is -0.936. The minimum Gasteiger partial charge on any atom is -0.508 e. The van der Waals surface area contributed by atoms with E-state index in [4.69, 9.17) is 0 Å². The van der Waals surface area contributed by atoms with Crippen LogP contribution in [0.3, 0.4) is 0 Å². The van der Waals surface area contributed by atoms with Gasteiger partial charge in [0.2, 0.25) is 0 Å². The third-order valence-electron chi connectivity index (χ3n) is 3.54. The molecule has 0 fully saturated rings. The van der Waals surface area contributed by atoms with E-state index in [9.17, 15) is 10.2 Å². The second kappa shape index (κ2) is 4.38. The third-order valence-corrected chi connectivity index (χ3v) is 3.54. The van der Waals surface area contributed by atoms with Crippen molar-refractivity contribution in [3.63, 3.8) is 0 Å². The molecule has 2 aromatic carbocycles. The SMILES string of the molecule is CCC(O)(CC)c1cc2ccccc2cc1O. The van der Waals surface area contributed by atoms with Crippen LogP contribution in [0.4, 0.5) is 0 Å². The lowest BCUT2D eigenvalue weighted by molar-refractivity contribution is 0.0263. The molecule has 0 saturated carbocycles. The number of hydrogen-bond donors (Lipinski definition) is 2. The number of aromatic hydroxyl groups is 1. The molecule has 2 nitrogen and oxygen atoms in total. The van der Waals surface area contributed by atoms with Crippen LogP contribution >= 0.6 is 0 Å². The summed E-state index contributed by atoms with van der Waals surface area (Å²) in [6.07, 6.45) is 1.19. The topological polar surface area (TPSA) is 40.5 Å². The number of phenolic OH excluding ortho intramolecular Hbond substituents is 1. The molecular formula is C15H18O2. The summed E-state index contributed by atoms with van der Waals surface area (Å²) in [7, 11) is 0. The van der Waals surface area contributed by atoms with Gasteiger partial charge in [-0.2, -0.15) is 0 Å². The molecule has 0 aliphatic carbocycles. The van der Waals surface area contributed by atoms with Gasteiger partial charge in [0, 0.05) is 5.56 Å². The average Bonchev–Trinajstić information content (AvgIpc) is 2.37. The molecule has 0 spiro atoms. The molecule has 0 atom stereocenters. The van der Waals surface area contributed by atoms with Crippen LogP contribution in [0.25, 0.3) is 10.8 Å². The first-order valence-corrected chi connectivity index (χ1v) is 6.05. The molecule has 0 unspecified atom stereocenters. The maximum Gasteiger partial charge on any atom is 0.122 e. The summed E-state index contributed by atoms with van der Waals surface area (Å²) < 4.78 is 0. The first kappa shape index (κ1) is 11.9. The highest BCUT2D eigenvalue weighted by molar-refractivity contribution is 5.85. The number of fused-ring (bicyclic) bond motifs is 1. The highest BCUT2D eigenvalue weighted by Gasteiger charge is 2.28. The Morgan fingerprint density at radius 2 is 1.53 bits per heavy atom. The van der Waals surface area contributed by atoms with Crippen molar-refractivity contribution in [3.05, 3.63) is 42.0 Å². The van der Waals surface area contributed by atoms with Crippen molar-refractivity contribution < 1.29 is 10.2 Å². The van der Waals surface area contributed by atoms with Crippen molar-refractivity contribution in [2.75, 3.05) is 0 Å². The van der Waals surface area contributed by atoms with Crippen LogP contribution in [0, 0.1) is 0 Å². The van der Waals surface area contributed by atoms with Gasteiger partial charge < -0.3 is 10.2 Å². The maximum absolute atomic E-state index is 10.5. The Morgan fingerprint density at radius 1 is 1.00 bits per heavy atom. The summed E-state index contributed by atoms with van der Waals surface area (Å²) in [6, 6.07) is 11.5. The van der Waals surface area contributed by atoms with E-state index in [1.807, 2.05) is 44.2 Å². The lowest BCUT2D eigenvalue weighted by atomic mass is 9.86. The van der Waals surface area contributed by atoms with Gasteiger partial charge in [-0.15, -0.1) is 0 Å². The van der Waals surface area contributed by atoms with Crippen molar-refractivity contribution in [1.82, 2.24) is 0 Å². The molecule has 0 aliphatic heterocycles. The van der Waals surface area contributed by atoms with E-state index in [2.05, 4.69) is 0 Å². The van der Waals surface area contributed by atoms with Crippen molar-refractivity contribution in [2.45, 2.75) is 32.3 Å². The van der Waals surface area contributed by atoms with Crippen molar-refractivity contribution >= 4 is 10.8 Å². The molecule has 90 valence electrons. The van der Waals surface area contributed by atoms with Gasteiger partial charge >= 0.3 is 0 Å². The fraction of sp³-hybridized carbons (Fsp3) is 0.333. The quantitative estimate of drug-likeness (QED) is 0.846. The van der Waals surface area contributed by atoms with Gasteiger partial charge in [0.05, 0.1) is 5.60 Å². The number of rotatable bonds is 3. The zero-order chi connectivity index (χ0) is 12.5. The van der Waals surface area contributed by atoms with Crippen LogP contribution < -0.4 is 0 Å². The fourth-order valence-corrected chi connectivity index (χ4v) is 2.23. The largest absolute Gasteiger partial charge is 0.508 e. The van der Waals surface area contributed by atoms with E-state index >= 15 is 0 Å². The van der Waals surface area contributed by atoms with Gasteiger partial charge in [0.15, 0.2) is 0 Å². The van der Waals surface area contributed by atoms with Gasteiger partial charge in [-0.05, 0) is 35.7 Å². The molecule has 0 saturated heterocycles. The van der Waals surface area contributed by atoms with E-state index < -0.39 is 5.60 Å². The maximum atomic E-state index is 10.5. The number of phenols is 1. The Morgan fingerprint density at radius 3 is 2.06 bits per heavy atom. The standard InChI is InChI=1S/C15H18O2/c1-3-15(17,4-2)13-9-11-7-5-6-8-12(11)10-14(13)16/h5-10,16-17H,3-4H2,1-2H3. The smallest absolute Gasteiger partial charge is 0.122 e. The molecule has 2 heteroatoms. The van der Waals surface area contributed by atoms with Gasteiger partial charge in [-0.3, -0.25) is 0 Å². The van der Waals surface area contributed by atoms with Gasteiger partial charge in [0.1, 0.15) is 5.75 Å². The number of benzene rings is 2. The first-order valence-electron chi connectivity index (χ1n) is 6.05. The molecule has 0 aliphatic rings. The molecule has 0 bridgehead atoms. The molecule has 2 rings (SSSR count). The lowest BCUT2D eigenvalue weighted by Crippen LogP contribution is -2.23. The zero-order valence-electron chi connectivity index (χ0n) is 10.3. The van der Waals surface area contributed by atoms with Crippen molar-refractivity contribution in [2.24, 2.45) is 0 Å². The van der Waals surface area contributed by atoms with E-state index in [1.165, 1.54) is 0 Å². The molecular weight excluding hydrogens is 212 g/mol. The van der Waals surface area contributed by atoms with Crippen molar-refractivity contribution in [3.8, 4) is 5.75 Å². The Hall–Kier alpha value is -1.54. The molecule has 0 radical (unpaired) electrons. The van der Waals surface area contributed by atoms with E-state index in [1.54, 1.807) is 6.07 Å². The van der Waals surface area contributed by atoms with Crippen LogP contribution in [0.15, 0.2) is 36.4 Å². The van der Waals surface area contributed by atoms with Crippen LogP contribution in [0.5, 0.6) is 5.75 Å². The number of aliphatic hydroxyl groups is 1.